The molecule has 2 fully saturated rings. The molecular weight excluding hydrogens is 576 g/mol. The van der Waals surface area contributed by atoms with Crippen LogP contribution in [0.1, 0.15) is 57.3 Å². The van der Waals surface area contributed by atoms with Gasteiger partial charge in [0.25, 0.3) is 0 Å². The van der Waals surface area contributed by atoms with E-state index in [0.29, 0.717) is 19.0 Å². The van der Waals surface area contributed by atoms with Crippen LogP contribution in [0.3, 0.4) is 0 Å². The molecule has 5 heterocycles. The average molecular weight is 621 g/mol. The summed E-state index contributed by atoms with van der Waals surface area (Å²) in [7, 11) is 4.27. The van der Waals surface area contributed by atoms with E-state index in [4.69, 9.17) is 14.7 Å². The highest BCUT2D eigenvalue weighted by molar-refractivity contribution is 5.95. The number of benzene rings is 2. The van der Waals surface area contributed by atoms with E-state index >= 15 is 0 Å². The number of hydrogen-bond acceptors (Lipinski definition) is 8. The molecule has 2 saturated heterocycles. The Labute approximate surface area is 271 Å². The molecule has 1 amide bonds. The lowest BCUT2D eigenvalue weighted by atomic mass is 9.94. The number of imidazole rings is 1. The Bertz CT molecular complexity index is 1810. The van der Waals surface area contributed by atoms with Gasteiger partial charge in [-0.15, -0.1) is 0 Å². The summed E-state index contributed by atoms with van der Waals surface area (Å²) in [6, 6.07) is 17.8. The third-order valence-electron chi connectivity index (χ3n) is 9.89. The topological polar surface area (TPSA) is 93.8 Å². The molecule has 46 heavy (non-hydrogen) atoms. The highest BCUT2D eigenvalue weighted by atomic mass is 16.6. The van der Waals surface area contributed by atoms with Gasteiger partial charge >= 0.3 is 6.09 Å². The monoisotopic (exact) mass is 620 g/mol. The molecule has 0 radical (unpaired) electrons. The lowest BCUT2D eigenvalue weighted by Crippen LogP contribution is -2.58. The maximum absolute atomic E-state index is 13.1. The van der Waals surface area contributed by atoms with Crippen LogP contribution < -0.4 is 9.80 Å². The third kappa shape index (κ3) is 5.51. The predicted octanol–water partition coefficient (Wildman–Crippen LogP) is 5.75. The minimum absolute atomic E-state index is 0.114. The van der Waals surface area contributed by atoms with Crippen LogP contribution >= 0.6 is 0 Å². The standard InChI is InChI=1S/C36H44N8O2/c1-36(2,3)46-35(45)43-18-14-26(19-25(43)13-16-37)44-23-38-32-33(44)29-15-17-41(31-12-8-10-24-9-6-7-11-28(24)31)22-30(29)39-34(32)42-20-27(21-42)40(4)5/h6-12,23,25-27H,13-15,17-22H2,1-5H3/t25-,26+/m1/s1. The van der Waals surface area contributed by atoms with Gasteiger partial charge in [0.15, 0.2) is 5.82 Å². The number of rotatable bonds is 5. The number of amides is 1. The molecule has 0 unspecified atom stereocenters. The molecule has 3 aliphatic heterocycles. The second-order valence-electron chi connectivity index (χ2n) is 14.3. The fourth-order valence-corrected chi connectivity index (χ4v) is 7.39. The first-order valence-corrected chi connectivity index (χ1v) is 16.5. The van der Waals surface area contributed by atoms with E-state index in [0.717, 1.165) is 61.6 Å². The Balaban J connectivity index is 1.26. The van der Waals surface area contributed by atoms with E-state index in [-0.39, 0.29) is 24.6 Å². The highest BCUT2D eigenvalue weighted by Gasteiger charge is 2.38. The molecule has 0 bridgehead atoms. The molecule has 0 spiro atoms. The number of ether oxygens (including phenoxy) is 1. The van der Waals surface area contributed by atoms with Crippen molar-refractivity contribution in [1.82, 2.24) is 24.3 Å². The fraction of sp³-hybridized carbons (Fsp3) is 0.500. The Morgan fingerprint density at radius 2 is 1.87 bits per heavy atom. The summed E-state index contributed by atoms with van der Waals surface area (Å²) in [6.07, 6.45) is 4.23. The van der Waals surface area contributed by atoms with Gasteiger partial charge in [-0.3, -0.25) is 0 Å². The minimum atomic E-state index is -0.587. The number of carbonyl (C=O) groups excluding carboxylic acids is 1. The molecule has 2 aromatic carbocycles. The minimum Gasteiger partial charge on any atom is -0.444 e. The quantitative estimate of drug-likeness (QED) is 0.279. The van der Waals surface area contributed by atoms with Crippen molar-refractivity contribution in [2.45, 2.75) is 76.7 Å². The van der Waals surface area contributed by atoms with Crippen molar-refractivity contribution < 1.29 is 9.53 Å². The average Bonchev–Trinajstić information content (AvgIpc) is 3.45. The summed E-state index contributed by atoms with van der Waals surface area (Å²) in [6.45, 7) is 9.64. The van der Waals surface area contributed by atoms with Gasteiger partial charge in [-0.25, -0.2) is 14.8 Å². The lowest BCUT2D eigenvalue weighted by molar-refractivity contribution is 0.00617. The normalized spacial score (nSPS) is 20.6. The van der Waals surface area contributed by atoms with Crippen molar-refractivity contribution in [3.05, 3.63) is 60.0 Å². The van der Waals surface area contributed by atoms with E-state index < -0.39 is 5.60 Å². The van der Waals surface area contributed by atoms with E-state index in [2.05, 4.69) is 81.9 Å². The van der Waals surface area contributed by atoms with Gasteiger partial charge in [0, 0.05) is 60.9 Å². The van der Waals surface area contributed by atoms with Crippen LogP contribution in [0.4, 0.5) is 16.3 Å². The number of piperidine rings is 1. The van der Waals surface area contributed by atoms with Crippen LogP contribution in [0.15, 0.2) is 48.8 Å². The zero-order valence-corrected chi connectivity index (χ0v) is 27.6. The van der Waals surface area contributed by atoms with E-state index in [1.54, 1.807) is 4.90 Å². The van der Waals surface area contributed by atoms with Crippen LogP contribution in [-0.2, 0) is 17.7 Å². The molecule has 3 aliphatic rings. The van der Waals surface area contributed by atoms with E-state index in [1.807, 2.05) is 27.1 Å². The van der Waals surface area contributed by atoms with Crippen molar-refractivity contribution in [3.63, 3.8) is 0 Å². The first-order chi connectivity index (χ1) is 22.1. The molecule has 10 nitrogen and oxygen atoms in total. The van der Waals surface area contributed by atoms with Gasteiger partial charge in [-0.2, -0.15) is 5.26 Å². The zero-order chi connectivity index (χ0) is 32.2. The smallest absolute Gasteiger partial charge is 0.410 e. The number of aromatic nitrogens is 3. The molecule has 0 aliphatic carbocycles. The van der Waals surface area contributed by atoms with Gasteiger partial charge in [-0.1, -0.05) is 36.4 Å². The van der Waals surface area contributed by atoms with Gasteiger partial charge in [-0.05, 0) is 65.6 Å². The van der Waals surface area contributed by atoms with Crippen molar-refractivity contribution in [2.75, 3.05) is 50.1 Å². The zero-order valence-electron chi connectivity index (χ0n) is 27.6. The molecule has 4 aromatic rings. The van der Waals surface area contributed by atoms with Gasteiger partial charge < -0.3 is 28.9 Å². The van der Waals surface area contributed by atoms with Crippen molar-refractivity contribution >= 4 is 39.4 Å². The molecule has 7 rings (SSSR count). The molecule has 2 aromatic heterocycles. The van der Waals surface area contributed by atoms with Crippen LogP contribution in [0, 0.1) is 11.3 Å². The van der Waals surface area contributed by atoms with Crippen LogP contribution in [0.2, 0.25) is 0 Å². The number of likely N-dealkylation sites (tertiary alicyclic amines) is 1. The number of anilines is 2. The van der Waals surface area contributed by atoms with Crippen LogP contribution in [-0.4, -0.2) is 88.4 Å². The summed E-state index contributed by atoms with van der Waals surface area (Å²) in [5.74, 6) is 0.963. The maximum Gasteiger partial charge on any atom is 0.410 e. The van der Waals surface area contributed by atoms with Crippen LogP contribution in [0.25, 0.3) is 21.8 Å². The second kappa shape index (κ2) is 11.8. The van der Waals surface area contributed by atoms with Gasteiger partial charge in [0.2, 0.25) is 0 Å². The predicted molar refractivity (Wildman–Crippen MR) is 181 cm³/mol. The lowest BCUT2D eigenvalue weighted by Gasteiger charge is -2.44. The van der Waals surface area contributed by atoms with E-state index in [9.17, 15) is 10.1 Å². The number of hydrogen-bond donors (Lipinski definition) is 0. The Kier molecular flexibility index (Phi) is 7.76. The van der Waals surface area contributed by atoms with Crippen molar-refractivity contribution in [2.24, 2.45) is 0 Å². The van der Waals surface area contributed by atoms with Gasteiger partial charge in [0.1, 0.15) is 11.1 Å². The summed E-state index contributed by atoms with van der Waals surface area (Å²) in [5, 5.41) is 12.2. The molecule has 2 atom stereocenters. The molecule has 10 heteroatoms. The number of nitrogens with zero attached hydrogens (tertiary/aromatic N) is 8. The Hall–Kier alpha value is -4.36. The summed E-state index contributed by atoms with van der Waals surface area (Å²) in [4.78, 5) is 32.4. The van der Waals surface area contributed by atoms with Gasteiger partial charge in [0.05, 0.1) is 36.6 Å². The summed E-state index contributed by atoms with van der Waals surface area (Å²) >= 11 is 0. The number of fused-ring (bicyclic) bond motifs is 4. The summed E-state index contributed by atoms with van der Waals surface area (Å²) in [5.41, 5.74) is 5.15. The number of pyridine rings is 1. The number of carbonyl (C=O) groups is 1. The van der Waals surface area contributed by atoms with Crippen LogP contribution in [0.5, 0.6) is 0 Å². The highest BCUT2D eigenvalue weighted by Crippen LogP contribution is 2.40. The number of nitriles is 1. The second-order valence-corrected chi connectivity index (χ2v) is 14.3. The SMILES string of the molecule is CN(C)C1CN(c2nc3c(c4c2ncn4[C@H]2CCN(C(=O)OC(C)(C)C)[C@H](CC#N)C2)CCN(c2cccc4ccccc24)C3)C1. The molecule has 0 N–H and O–H groups in total. The van der Waals surface area contributed by atoms with Crippen molar-refractivity contribution in [1.29, 1.82) is 5.26 Å². The fourth-order valence-electron chi connectivity index (χ4n) is 7.39. The maximum atomic E-state index is 13.1. The largest absolute Gasteiger partial charge is 0.444 e. The Morgan fingerprint density at radius 3 is 2.63 bits per heavy atom. The third-order valence-corrected chi connectivity index (χ3v) is 9.89. The molecular formula is C36H44N8O2. The first-order valence-electron chi connectivity index (χ1n) is 16.5. The summed E-state index contributed by atoms with van der Waals surface area (Å²) < 4.78 is 8.06. The molecule has 0 saturated carbocycles. The van der Waals surface area contributed by atoms with E-state index in [1.165, 1.54) is 22.0 Å². The number of likely N-dealkylation sites (N-methyl/N-ethyl adjacent to an activating group) is 1. The first kappa shape index (κ1) is 30.3. The molecule has 240 valence electrons. The van der Waals surface area contributed by atoms with Crippen molar-refractivity contribution in [3.8, 4) is 6.07 Å². The Morgan fingerprint density at radius 1 is 1.09 bits per heavy atom.